The van der Waals surface area contributed by atoms with Crippen LogP contribution in [-0.4, -0.2) is 27.6 Å². The van der Waals surface area contributed by atoms with Gasteiger partial charge in [-0.15, -0.1) is 5.10 Å². The number of imidazole rings is 1. The van der Waals surface area contributed by atoms with Crippen LogP contribution < -0.4 is 15.4 Å². The van der Waals surface area contributed by atoms with Gasteiger partial charge in [-0.05, 0) is 54.7 Å². The largest absolute Gasteiger partial charge is 0.497 e. The molecule has 0 aliphatic heterocycles. The van der Waals surface area contributed by atoms with Gasteiger partial charge in [0.1, 0.15) is 5.75 Å². The lowest BCUT2D eigenvalue weighted by Crippen LogP contribution is -2.17. The SMILES string of the molecule is COc1ccc(CNc2nn3c(C(=O)Nc4ccccc4)cnc3cc2C2CCCC2)cc1. The number of rotatable bonds is 7. The molecule has 1 fully saturated rings. The lowest BCUT2D eigenvalue weighted by molar-refractivity contribution is 0.102. The number of nitrogens with zero attached hydrogens (tertiary/aromatic N) is 3. The Morgan fingerprint density at radius 2 is 1.85 bits per heavy atom. The van der Waals surface area contributed by atoms with Gasteiger partial charge in [0.05, 0.1) is 13.3 Å². The van der Waals surface area contributed by atoms with Gasteiger partial charge in [0, 0.05) is 17.8 Å². The predicted molar refractivity (Wildman–Crippen MR) is 129 cm³/mol. The molecule has 2 N–H and O–H groups in total. The van der Waals surface area contributed by atoms with Crippen LogP contribution in [-0.2, 0) is 6.54 Å². The Kier molecular flexibility index (Phi) is 5.93. The monoisotopic (exact) mass is 441 g/mol. The van der Waals surface area contributed by atoms with Gasteiger partial charge in [-0.2, -0.15) is 0 Å². The third-order valence-corrected chi connectivity index (χ3v) is 6.20. The van der Waals surface area contributed by atoms with Gasteiger partial charge in [0.2, 0.25) is 0 Å². The highest BCUT2D eigenvalue weighted by molar-refractivity contribution is 6.03. The summed E-state index contributed by atoms with van der Waals surface area (Å²) in [7, 11) is 1.66. The Hall–Kier alpha value is -3.87. The zero-order valence-electron chi connectivity index (χ0n) is 18.6. The average molecular weight is 442 g/mol. The summed E-state index contributed by atoms with van der Waals surface area (Å²) in [4.78, 5) is 17.4. The van der Waals surface area contributed by atoms with Crippen molar-refractivity contribution in [3.05, 3.63) is 83.7 Å². The molecule has 1 saturated carbocycles. The minimum Gasteiger partial charge on any atom is -0.497 e. The third kappa shape index (κ3) is 4.53. The van der Waals surface area contributed by atoms with Gasteiger partial charge in [0.25, 0.3) is 5.91 Å². The molecule has 168 valence electrons. The number of carbonyl (C=O) groups is 1. The molecule has 7 heteroatoms. The first-order valence-corrected chi connectivity index (χ1v) is 11.3. The topological polar surface area (TPSA) is 80.5 Å². The Morgan fingerprint density at radius 3 is 2.58 bits per heavy atom. The predicted octanol–water partition coefficient (Wildman–Crippen LogP) is 5.26. The molecule has 33 heavy (non-hydrogen) atoms. The van der Waals surface area contributed by atoms with Gasteiger partial charge < -0.3 is 15.4 Å². The van der Waals surface area contributed by atoms with Crippen LogP contribution in [0.4, 0.5) is 11.5 Å². The molecule has 0 unspecified atom stereocenters. The normalized spacial score (nSPS) is 13.8. The number of nitrogens with one attached hydrogen (secondary N) is 2. The highest BCUT2D eigenvalue weighted by Crippen LogP contribution is 2.37. The van der Waals surface area contributed by atoms with E-state index >= 15 is 0 Å². The molecule has 0 bridgehead atoms. The number of anilines is 2. The van der Waals surface area contributed by atoms with E-state index < -0.39 is 0 Å². The number of carbonyl (C=O) groups excluding carboxylic acids is 1. The second kappa shape index (κ2) is 9.32. The van der Waals surface area contributed by atoms with Crippen LogP contribution in [0, 0.1) is 0 Å². The van der Waals surface area contributed by atoms with Crippen molar-refractivity contribution in [3.8, 4) is 5.75 Å². The number of ether oxygens (including phenoxy) is 1. The second-order valence-electron chi connectivity index (χ2n) is 8.36. The van der Waals surface area contributed by atoms with Gasteiger partial charge >= 0.3 is 0 Å². The maximum atomic E-state index is 12.9. The summed E-state index contributed by atoms with van der Waals surface area (Å²) >= 11 is 0. The molecule has 4 aromatic rings. The number of para-hydroxylation sites is 1. The van der Waals surface area contributed by atoms with Crippen molar-refractivity contribution < 1.29 is 9.53 Å². The van der Waals surface area contributed by atoms with E-state index in [1.165, 1.54) is 18.4 Å². The molecule has 0 radical (unpaired) electrons. The number of amides is 1. The molecule has 2 aromatic heterocycles. The van der Waals surface area contributed by atoms with E-state index in [9.17, 15) is 4.79 Å². The molecule has 0 saturated heterocycles. The van der Waals surface area contributed by atoms with Crippen molar-refractivity contribution in [1.82, 2.24) is 14.6 Å². The van der Waals surface area contributed by atoms with E-state index in [0.29, 0.717) is 23.8 Å². The summed E-state index contributed by atoms with van der Waals surface area (Å²) in [5.74, 6) is 1.85. The third-order valence-electron chi connectivity index (χ3n) is 6.20. The lowest BCUT2D eigenvalue weighted by Gasteiger charge is -2.17. The molecule has 0 atom stereocenters. The smallest absolute Gasteiger partial charge is 0.276 e. The molecule has 1 amide bonds. The molecule has 7 nitrogen and oxygen atoms in total. The Morgan fingerprint density at radius 1 is 1.09 bits per heavy atom. The van der Waals surface area contributed by atoms with Crippen LogP contribution in [0.15, 0.2) is 66.9 Å². The van der Waals surface area contributed by atoms with E-state index in [4.69, 9.17) is 9.84 Å². The van der Waals surface area contributed by atoms with Crippen molar-refractivity contribution in [2.24, 2.45) is 0 Å². The van der Waals surface area contributed by atoms with Crippen LogP contribution in [0.25, 0.3) is 5.65 Å². The molecular weight excluding hydrogens is 414 g/mol. The first-order valence-electron chi connectivity index (χ1n) is 11.3. The molecule has 0 spiro atoms. The minimum absolute atomic E-state index is 0.240. The van der Waals surface area contributed by atoms with Crippen molar-refractivity contribution in [2.75, 3.05) is 17.7 Å². The highest BCUT2D eigenvalue weighted by Gasteiger charge is 2.23. The molecular formula is C26H27N5O2. The molecule has 2 heterocycles. The Labute approximate surface area is 192 Å². The van der Waals surface area contributed by atoms with Gasteiger partial charge in [-0.1, -0.05) is 43.2 Å². The summed E-state index contributed by atoms with van der Waals surface area (Å²) in [6, 6.07) is 19.5. The number of hydrogen-bond donors (Lipinski definition) is 2. The Balaban J connectivity index is 1.46. The maximum Gasteiger partial charge on any atom is 0.276 e. The van der Waals surface area contributed by atoms with Crippen LogP contribution in [0.3, 0.4) is 0 Å². The van der Waals surface area contributed by atoms with Crippen molar-refractivity contribution >= 4 is 23.1 Å². The van der Waals surface area contributed by atoms with Gasteiger partial charge in [-0.25, -0.2) is 9.50 Å². The fourth-order valence-corrected chi connectivity index (χ4v) is 4.41. The Bertz CT molecular complexity index is 1250. The van der Waals surface area contributed by atoms with Crippen LogP contribution >= 0.6 is 0 Å². The lowest BCUT2D eigenvalue weighted by atomic mass is 9.98. The summed E-state index contributed by atoms with van der Waals surface area (Å²) < 4.78 is 6.89. The fraction of sp³-hybridized carbons (Fsp3) is 0.269. The van der Waals surface area contributed by atoms with E-state index in [0.717, 1.165) is 35.7 Å². The van der Waals surface area contributed by atoms with Gasteiger partial charge in [0.15, 0.2) is 17.2 Å². The molecule has 2 aromatic carbocycles. The number of methoxy groups -OCH3 is 1. The summed E-state index contributed by atoms with van der Waals surface area (Å²) in [6.07, 6.45) is 6.35. The molecule has 1 aliphatic carbocycles. The van der Waals surface area contributed by atoms with E-state index in [2.05, 4.69) is 21.7 Å². The van der Waals surface area contributed by atoms with Crippen LogP contribution in [0.1, 0.15) is 53.2 Å². The summed E-state index contributed by atoms with van der Waals surface area (Å²) in [5.41, 5.74) is 4.12. The first-order chi connectivity index (χ1) is 16.2. The van der Waals surface area contributed by atoms with Gasteiger partial charge in [-0.3, -0.25) is 4.79 Å². The standard InChI is InChI=1S/C26H27N5O2/c1-33-21-13-11-18(12-14-21)16-28-25-22(19-7-5-6-8-19)15-24-27-17-23(31(24)30-25)26(32)29-20-9-3-2-4-10-20/h2-4,9-15,17,19H,5-8,16H2,1H3,(H,28,30)(H,29,32). The van der Waals surface area contributed by atoms with Crippen molar-refractivity contribution in [2.45, 2.75) is 38.1 Å². The fourth-order valence-electron chi connectivity index (χ4n) is 4.41. The zero-order valence-corrected chi connectivity index (χ0v) is 18.6. The average Bonchev–Trinajstić information content (AvgIpc) is 3.53. The van der Waals surface area contributed by atoms with E-state index in [1.807, 2.05) is 54.6 Å². The molecule has 1 aliphatic rings. The number of hydrogen-bond acceptors (Lipinski definition) is 5. The molecule has 5 rings (SSSR count). The van der Waals surface area contributed by atoms with Crippen molar-refractivity contribution in [1.29, 1.82) is 0 Å². The number of aromatic nitrogens is 3. The highest BCUT2D eigenvalue weighted by atomic mass is 16.5. The number of fused-ring (bicyclic) bond motifs is 1. The summed E-state index contributed by atoms with van der Waals surface area (Å²) in [5, 5.41) is 11.3. The minimum atomic E-state index is -0.240. The second-order valence-corrected chi connectivity index (χ2v) is 8.36. The first kappa shape index (κ1) is 21.0. The number of benzene rings is 2. The van der Waals surface area contributed by atoms with Crippen LogP contribution in [0.5, 0.6) is 5.75 Å². The maximum absolute atomic E-state index is 12.9. The quantitative estimate of drug-likeness (QED) is 0.409. The van der Waals surface area contributed by atoms with Crippen LogP contribution in [0.2, 0.25) is 0 Å². The summed E-state index contributed by atoms with van der Waals surface area (Å²) in [6.45, 7) is 0.627. The van der Waals surface area contributed by atoms with E-state index in [-0.39, 0.29) is 5.91 Å². The van der Waals surface area contributed by atoms with E-state index in [1.54, 1.807) is 17.8 Å². The van der Waals surface area contributed by atoms with Crippen molar-refractivity contribution in [3.63, 3.8) is 0 Å². The zero-order chi connectivity index (χ0) is 22.6.